The lowest BCUT2D eigenvalue weighted by Crippen LogP contribution is -2.11. The number of ether oxygens (including phenoxy) is 2. The summed E-state index contributed by atoms with van der Waals surface area (Å²) < 4.78 is 10.8. The van der Waals surface area contributed by atoms with Gasteiger partial charge in [0, 0.05) is 18.1 Å². The first-order valence-corrected chi connectivity index (χ1v) is 7.51. The van der Waals surface area contributed by atoms with Crippen LogP contribution >= 0.6 is 11.6 Å². The summed E-state index contributed by atoms with van der Waals surface area (Å²) in [5.41, 5.74) is 2.34. The molecule has 0 aromatic heterocycles. The molecule has 0 aliphatic rings. The second-order valence-electron chi connectivity index (χ2n) is 4.59. The number of rotatable bonds is 8. The molecule has 2 aromatic carbocycles. The third-order valence-corrected chi connectivity index (χ3v) is 3.29. The van der Waals surface area contributed by atoms with Crippen LogP contribution in [-0.4, -0.2) is 26.1 Å². The number of alkyl halides is 1. The van der Waals surface area contributed by atoms with Crippen molar-refractivity contribution in [3.05, 3.63) is 54.1 Å². The maximum absolute atomic E-state index is 5.72. The number of hydrogen-bond donors (Lipinski definition) is 1. The molecule has 2 aromatic rings. The van der Waals surface area contributed by atoms with Crippen LogP contribution in [0.3, 0.4) is 0 Å². The Bertz CT molecular complexity index is 525. The molecule has 1 N–H and O–H groups in total. The molecule has 3 nitrogen and oxygen atoms in total. The summed E-state index contributed by atoms with van der Waals surface area (Å²) in [6.07, 6.45) is 0.905. The zero-order valence-corrected chi connectivity index (χ0v) is 12.9. The summed E-state index contributed by atoms with van der Waals surface area (Å²) in [4.78, 5) is 0. The zero-order valence-electron chi connectivity index (χ0n) is 12.1. The Kier molecular flexibility index (Phi) is 6.22. The van der Waals surface area contributed by atoms with E-state index in [0.717, 1.165) is 30.2 Å². The Hall–Kier alpha value is -1.87. The first-order chi connectivity index (χ1) is 10.3. The molecule has 0 heterocycles. The van der Waals surface area contributed by atoms with Crippen LogP contribution in [0, 0.1) is 0 Å². The molecule has 112 valence electrons. The molecular formula is C17H20ClNO2. The van der Waals surface area contributed by atoms with Crippen LogP contribution in [0.5, 0.6) is 11.5 Å². The van der Waals surface area contributed by atoms with Gasteiger partial charge in [0.2, 0.25) is 0 Å². The first-order valence-electron chi connectivity index (χ1n) is 6.97. The SMILES string of the molecule is COc1ccc(OCCNc2ccc(CCCl)cc2)cc1. The highest BCUT2D eigenvalue weighted by atomic mass is 35.5. The third kappa shape index (κ3) is 5.20. The van der Waals surface area contributed by atoms with Gasteiger partial charge < -0.3 is 14.8 Å². The summed E-state index contributed by atoms with van der Waals surface area (Å²) in [5.74, 6) is 2.33. The first kappa shape index (κ1) is 15.5. The number of benzene rings is 2. The van der Waals surface area contributed by atoms with E-state index in [0.29, 0.717) is 12.5 Å². The average molecular weight is 306 g/mol. The van der Waals surface area contributed by atoms with E-state index in [2.05, 4.69) is 29.6 Å². The Morgan fingerprint density at radius 3 is 2.24 bits per heavy atom. The standard InChI is InChI=1S/C17H20ClNO2/c1-20-16-6-8-17(9-7-16)21-13-12-19-15-4-2-14(3-5-15)10-11-18/h2-9,19H,10-13H2,1H3. The van der Waals surface area contributed by atoms with Crippen LogP contribution in [0.1, 0.15) is 5.56 Å². The fourth-order valence-electron chi connectivity index (χ4n) is 1.93. The van der Waals surface area contributed by atoms with Crippen molar-refractivity contribution in [1.29, 1.82) is 0 Å². The topological polar surface area (TPSA) is 30.5 Å². The van der Waals surface area contributed by atoms with Crippen molar-refractivity contribution < 1.29 is 9.47 Å². The van der Waals surface area contributed by atoms with E-state index in [1.807, 2.05) is 24.3 Å². The molecule has 0 amide bonds. The molecular weight excluding hydrogens is 286 g/mol. The van der Waals surface area contributed by atoms with Crippen LogP contribution in [0.2, 0.25) is 0 Å². The van der Waals surface area contributed by atoms with Crippen molar-refractivity contribution in [3.63, 3.8) is 0 Å². The lowest BCUT2D eigenvalue weighted by atomic mass is 10.1. The van der Waals surface area contributed by atoms with E-state index < -0.39 is 0 Å². The van der Waals surface area contributed by atoms with E-state index >= 15 is 0 Å². The van der Waals surface area contributed by atoms with Crippen molar-refractivity contribution in [3.8, 4) is 11.5 Å². The maximum atomic E-state index is 5.72. The molecule has 0 aliphatic heterocycles. The Balaban J connectivity index is 1.71. The monoisotopic (exact) mass is 305 g/mol. The lowest BCUT2D eigenvalue weighted by molar-refractivity contribution is 0.332. The van der Waals surface area contributed by atoms with Gasteiger partial charge in [0.25, 0.3) is 0 Å². The molecule has 0 spiro atoms. The smallest absolute Gasteiger partial charge is 0.119 e. The molecule has 0 radical (unpaired) electrons. The predicted molar refractivity (Wildman–Crippen MR) is 87.8 cm³/mol. The van der Waals surface area contributed by atoms with Crippen molar-refractivity contribution in [2.24, 2.45) is 0 Å². The summed E-state index contributed by atoms with van der Waals surface area (Å²) in [7, 11) is 1.65. The number of aryl methyl sites for hydroxylation is 1. The number of anilines is 1. The molecule has 0 unspecified atom stereocenters. The van der Waals surface area contributed by atoms with Crippen molar-refractivity contribution >= 4 is 17.3 Å². The number of nitrogens with one attached hydrogen (secondary N) is 1. The van der Waals surface area contributed by atoms with E-state index in [1.54, 1.807) is 7.11 Å². The van der Waals surface area contributed by atoms with Gasteiger partial charge in [0.1, 0.15) is 18.1 Å². The predicted octanol–water partition coefficient (Wildman–Crippen LogP) is 3.97. The molecule has 2 rings (SSSR count). The Morgan fingerprint density at radius 1 is 0.952 bits per heavy atom. The van der Waals surface area contributed by atoms with Crippen LogP contribution < -0.4 is 14.8 Å². The summed E-state index contributed by atoms with van der Waals surface area (Å²) >= 11 is 5.72. The van der Waals surface area contributed by atoms with E-state index in [4.69, 9.17) is 21.1 Å². The fourth-order valence-corrected chi connectivity index (χ4v) is 2.15. The Morgan fingerprint density at radius 2 is 1.62 bits per heavy atom. The van der Waals surface area contributed by atoms with Crippen molar-refractivity contribution in [2.75, 3.05) is 31.5 Å². The van der Waals surface area contributed by atoms with Gasteiger partial charge in [0.05, 0.1) is 7.11 Å². The van der Waals surface area contributed by atoms with Crippen molar-refractivity contribution in [2.45, 2.75) is 6.42 Å². The van der Waals surface area contributed by atoms with Gasteiger partial charge in [-0.1, -0.05) is 12.1 Å². The zero-order chi connectivity index (χ0) is 14.9. The minimum atomic E-state index is 0.607. The van der Waals surface area contributed by atoms with E-state index in [-0.39, 0.29) is 0 Å². The van der Waals surface area contributed by atoms with Crippen LogP contribution in [0.15, 0.2) is 48.5 Å². The summed E-state index contributed by atoms with van der Waals surface area (Å²) in [6, 6.07) is 15.9. The number of methoxy groups -OCH3 is 1. The van der Waals surface area contributed by atoms with Gasteiger partial charge in [0.15, 0.2) is 0 Å². The second kappa shape index (κ2) is 8.42. The van der Waals surface area contributed by atoms with Gasteiger partial charge in [-0.2, -0.15) is 0 Å². The maximum Gasteiger partial charge on any atom is 0.119 e. The van der Waals surface area contributed by atoms with Gasteiger partial charge in [-0.15, -0.1) is 11.6 Å². The highest BCUT2D eigenvalue weighted by Crippen LogP contribution is 2.17. The van der Waals surface area contributed by atoms with Crippen LogP contribution in [-0.2, 0) is 6.42 Å². The van der Waals surface area contributed by atoms with Gasteiger partial charge in [-0.25, -0.2) is 0 Å². The van der Waals surface area contributed by atoms with Gasteiger partial charge in [-0.05, 0) is 48.4 Å². The molecule has 0 fully saturated rings. The van der Waals surface area contributed by atoms with E-state index in [9.17, 15) is 0 Å². The highest BCUT2D eigenvalue weighted by molar-refractivity contribution is 6.17. The average Bonchev–Trinajstić information content (AvgIpc) is 2.54. The van der Waals surface area contributed by atoms with Crippen LogP contribution in [0.25, 0.3) is 0 Å². The molecule has 0 saturated heterocycles. The van der Waals surface area contributed by atoms with Crippen LogP contribution in [0.4, 0.5) is 5.69 Å². The second-order valence-corrected chi connectivity index (χ2v) is 4.96. The summed E-state index contributed by atoms with van der Waals surface area (Å²) in [6.45, 7) is 1.36. The van der Waals surface area contributed by atoms with E-state index in [1.165, 1.54) is 5.56 Å². The van der Waals surface area contributed by atoms with Gasteiger partial charge >= 0.3 is 0 Å². The summed E-state index contributed by atoms with van der Waals surface area (Å²) in [5, 5.41) is 3.32. The molecule has 0 aliphatic carbocycles. The normalized spacial score (nSPS) is 10.2. The Labute approximate surface area is 130 Å². The fraction of sp³-hybridized carbons (Fsp3) is 0.294. The highest BCUT2D eigenvalue weighted by Gasteiger charge is 1.96. The lowest BCUT2D eigenvalue weighted by Gasteiger charge is -2.09. The molecule has 21 heavy (non-hydrogen) atoms. The third-order valence-electron chi connectivity index (χ3n) is 3.10. The number of hydrogen-bond acceptors (Lipinski definition) is 3. The molecule has 0 atom stereocenters. The minimum Gasteiger partial charge on any atom is -0.497 e. The largest absolute Gasteiger partial charge is 0.497 e. The number of halogens is 1. The van der Waals surface area contributed by atoms with Gasteiger partial charge in [-0.3, -0.25) is 0 Å². The molecule has 0 saturated carbocycles. The quantitative estimate of drug-likeness (QED) is 0.591. The van der Waals surface area contributed by atoms with Crippen molar-refractivity contribution in [1.82, 2.24) is 0 Å². The molecule has 4 heteroatoms. The molecule has 0 bridgehead atoms. The minimum absolute atomic E-state index is 0.607.